The van der Waals surface area contributed by atoms with Crippen molar-refractivity contribution in [2.75, 3.05) is 16.4 Å². The van der Waals surface area contributed by atoms with Gasteiger partial charge in [-0.3, -0.25) is 14.5 Å². The van der Waals surface area contributed by atoms with Gasteiger partial charge in [-0.1, -0.05) is 18.2 Å². The van der Waals surface area contributed by atoms with Crippen molar-refractivity contribution in [3.8, 4) is 0 Å². The number of rotatable bonds is 5. The lowest BCUT2D eigenvalue weighted by Gasteiger charge is -2.17. The molecule has 7 nitrogen and oxygen atoms in total. The Bertz CT molecular complexity index is 908. The van der Waals surface area contributed by atoms with Crippen LogP contribution < -0.4 is 4.90 Å². The summed E-state index contributed by atoms with van der Waals surface area (Å²) in [6, 6.07) is 9.14. The van der Waals surface area contributed by atoms with E-state index in [1.54, 1.807) is 5.38 Å². The highest BCUT2D eigenvalue weighted by atomic mass is 32.2. The number of benzene rings is 1. The van der Waals surface area contributed by atoms with Gasteiger partial charge in [0.05, 0.1) is 28.8 Å². The zero-order chi connectivity index (χ0) is 18.7. The summed E-state index contributed by atoms with van der Waals surface area (Å²) < 4.78 is 28.1. The van der Waals surface area contributed by atoms with E-state index in [9.17, 15) is 18.0 Å². The molecule has 1 atom stereocenters. The standard InChI is InChI=1S/C17H18N2O5S2/c1-12(20)19(15-5-3-2-4-6-15)17-18-14(10-25-17)9-24-16(21)13-7-8-26(22,23)11-13/h2-6,10,13H,7-9,11H2,1H3/t13-/m0/s1. The molecule has 0 N–H and O–H groups in total. The number of aromatic nitrogens is 1. The fourth-order valence-corrected chi connectivity index (χ4v) is 5.31. The summed E-state index contributed by atoms with van der Waals surface area (Å²) in [5.41, 5.74) is 1.22. The number of hydrogen-bond acceptors (Lipinski definition) is 7. The second-order valence-corrected chi connectivity index (χ2v) is 9.08. The normalized spacial score (nSPS) is 18.4. The Labute approximate surface area is 155 Å². The van der Waals surface area contributed by atoms with E-state index in [0.717, 1.165) is 0 Å². The van der Waals surface area contributed by atoms with Gasteiger partial charge in [-0.05, 0) is 18.6 Å². The monoisotopic (exact) mass is 394 g/mol. The lowest BCUT2D eigenvalue weighted by Crippen LogP contribution is -2.22. The quantitative estimate of drug-likeness (QED) is 0.723. The molecule has 1 aromatic heterocycles. The average molecular weight is 394 g/mol. The van der Waals surface area contributed by atoms with Crippen LogP contribution in [0.15, 0.2) is 35.7 Å². The zero-order valence-corrected chi connectivity index (χ0v) is 15.8. The first-order chi connectivity index (χ1) is 12.4. The maximum absolute atomic E-state index is 12.0. The summed E-state index contributed by atoms with van der Waals surface area (Å²) >= 11 is 1.27. The van der Waals surface area contributed by atoms with Gasteiger partial charge in [0.15, 0.2) is 15.0 Å². The summed E-state index contributed by atoms with van der Waals surface area (Å²) in [4.78, 5) is 29.9. The maximum atomic E-state index is 12.0. The van der Waals surface area contributed by atoms with Gasteiger partial charge in [0.2, 0.25) is 5.91 Å². The van der Waals surface area contributed by atoms with Gasteiger partial charge in [-0.25, -0.2) is 13.4 Å². The fourth-order valence-electron chi connectivity index (χ4n) is 2.71. The first kappa shape index (κ1) is 18.5. The van der Waals surface area contributed by atoms with E-state index < -0.39 is 21.7 Å². The van der Waals surface area contributed by atoms with Crippen LogP contribution in [-0.2, 0) is 30.8 Å². The van der Waals surface area contributed by atoms with Crippen LogP contribution in [0.3, 0.4) is 0 Å². The van der Waals surface area contributed by atoms with Crippen molar-refractivity contribution in [1.29, 1.82) is 0 Å². The predicted molar refractivity (Wildman–Crippen MR) is 97.9 cm³/mol. The third kappa shape index (κ3) is 4.28. The fraction of sp³-hybridized carbons (Fsp3) is 0.353. The number of carbonyl (C=O) groups excluding carboxylic acids is 2. The van der Waals surface area contributed by atoms with Crippen molar-refractivity contribution in [3.63, 3.8) is 0 Å². The van der Waals surface area contributed by atoms with Gasteiger partial charge in [0.1, 0.15) is 6.61 Å². The van der Waals surface area contributed by atoms with Crippen LogP contribution in [0.25, 0.3) is 0 Å². The van der Waals surface area contributed by atoms with E-state index >= 15 is 0 Å². The second-order valence-electron chi connectivity index (χ2n) is 6.02. The molecule has 0 unspecified atom stereocenters. The van der Waals surface area contributed by atoms with Crippen molar-refractivity contribution < 1.29 is 22.7 Å². The Morgan fingerprint density at radius 3 is 2.65 bits per heavy atom. The van der Waals surface area contributed by atoms with Crippen molar-refractivity contribution in [3.05, 3.63) is 41.4 Å². The average Bonchev–Trinajstić information content (AvgIpc) is 3.20. The van der Waals surface area contributed by atoms with Gasteiger partial charge in [0, 0.05) is 12.3 Å². The molecule has 0 aliphatic carbocycles. The van der Waals surface area contributed by atoms with Gasteiger partial charge in [-0.15, -0.1) is 11.3 Å². The maximum Gasteiger partial charge on any atom is 0.310 e. The van der Waals surface area contributed by atoms with Gasteiger partial charge in [-0.2, -0.15) is 0 Å². The molecule has 1 amide bonds. The number of ether oxygens (including phenoxy) is 1. The minimum absolute atomic E-state index is 0.0261. The first-order valence-corrected chi connectivity index (χ1v) is 10.7. The molecule has 1 aliphatic heterocycles. The molecule has 3 rings (SSSR count). The summed E-state index contributed by atoms with van der Waals surface area (Å²) in [7, 11) is -3.13. The van der Waals surface area contributed by atoms with Crippen LogP contribution in [0, 0.1) is 5.92 Å². The molecule has 26 heavy (non-hydrogen) atoms. The summed E-state index contributed by atoms with van der Waals surface area (Å²) in [6.45, 7) is 1.40. The lowest BCUT2D eigenvalue weighted by atomic mass is 10.1. The van der Waals surface area contributed by atoms with Crippen LogP contribution >= 0.6 is 11.3 Å². The highest BCUT2D eigenvalue weighted by Gasteiger charge is 2.34. The minimum atomic E-state index is -3.13. The molecule has 0 radical (unpaired) electrons. The van der Waals surface area contributed by atoms with Crippen LogP contribution in [0.4, 0.5) is 10.8 Å². The SMILES string of the molecule is CC(=O)N(c1ccccc1)c1nc(COC(=O)[C@H]2CCS(=O)(=O)C2)cs1. The Morgan fingerprint density at radius 2 is 2.04 bits per heavy atom. The number of nitrogens with zero attached hydrogens (tertiary/aromatic N) is 2. The number of thiazole rings is 1. The number of esters is 1. The minimum Gasteiger partial charge on any atom is -0.459 e. The van der Waals surface area contributed by atoms with Crippen molar-refractivity contribution in [1.82, 2.24) is 4.98 Å². The van der Waals surface area contributed by atoms with E-state index in [1.165, 1.54) is 23.2 Å². The van der Waals surface area contributed by atoms with Crippen molar-refractivity contribution >= 4 is 43.9 Å². The third-order valence-electron chi connectivity index (χ3n) is 3.99. The van der Waals surface area contributed by atoms with Gasteiger partial charge >= 0.3 is 5.97 Å². The molecule has 138 valence electrons. The van der Waals surface area contributed by atoms with E-state index in [2.05, 4.69) is 4.98 Å². The Balaban J connectivity index is 1.66. The Morgan fingerprint density at radius 1 is 1.31 bits per heavy atom. The van der Waals surface area contributed by atoms with E-state index in [-0.39, 0.29) is 24.0 Å². The zero-order valence-electron chi connectivity index (χ0n) is 14.1. The number of amides is 1. The Hall–Kier alpha value is -2.26. The number of hydrogen-bond donors (Lipinski definition) is 0. The molecule has 1 aromatic carbocycles. The molecular weight excluding hydrogens is 376 g/mol. The number of carbonyl (C=O) groups is 2. The van der Waals surface area contributed by atoms with Crippen LogP contribution in [0.5, 0.6) is 0 Å². The third-order valence-corrected chi connectivity index (χ3v) is 6.63. The van der Waals surface area contributed by atoms with Gasteiger partial charge < -0.3 is 4.74 Å². The molecule has 1 saturated heterocycles. The molecule has 0 saturated carbocycles. The molecule has 9 heteroatoms. The van der Waals surface area contributed by atoms with Crippen LogP contribution in [-0.4, -0.2) is 36.8 Å². The molecule has 1 aliphatic rings. The van der Waals surface area contributed by atoms with Crippen molar-refractivity contribution in [2.45, 2.75) is 20.0 Å². The number of anilines is 2. The van der Waals surface area contributed by atoms with E-state index in [4.69, 9.17) is 4.74 Å². The topological polar surface area (TPSA) is 93.6 Å². The smallest absolute Gasteiger partial charge is 0.310 e. The summed E-state index contributed by atoms with van der Waals surface area (Å²) in [6.07, 6.45) is 0.301. The van der Waals surface area contributed by atoms with Gasteiger partial charge in [0.25, 0.3) is 0 Å². The molecule has 0 spiro atoms. The van der Waals surface area contributed by atoms with Crippen molar-refractivity contribution in [2.24, 2.45) is 5.92 Å². The predicted octanol–water partition coefficient (Wildman–Crippen LogP) is 2.31. The molecule has 2 aromatic rings. The molecule has 0 bridgehead atoms. The lowest BCUT2D eigenvalue weighted by molar-refractivity contribution is -0.149. The highest BCUT2D eigenvalue weighted by molar-refractivity contribution is 7.91. The van der Waals surface area contributed by atoms with Crippen LogP contribution in [0.1, 0.15) is 19.0 Å². The highest BCUT2D eigenvalue weighted by Crippen LogP contribution is 2.29. The van der Waals surface area contributed by atoms with E-state index in [1.807, 2.05) is 30.3 Å². The molecule has 1 fully saturated rings. The number of sulfone groups is 1. The van der Waals surface area contributed by atoms with Crippen LogP contribution in [0.2, 0.25) is 0 Å². The molecular formula is C17H18N2O5S2. The van der Waals surface area contributed by atoms with E-state index in [0.29, 0.717) is 22.9 Å². The summed E-state index contributed by atoms with van der Waals surface area (Å²) in [5, 5.41) is 2.20. The second kappa shape index (κ2) is 7.55. The molecule has 2 heterocycles. The summed E-state index contributed by atoms with van der Waals surface area (Å²) in [5.74, 6) is -1.42. The number of para-hydroxylation sites is 1. The largest absolute Gasteiger partial charge is 0.459 e. The Kier molecular flexibility index (Phi) is 5.38. The first-order valence-electron chi connectivity index (χ1n) is 8.03.